The minimum Gasteiger partial charge on any atom is -0.308 e. The van der Waals surface area contributed by atoms with Crippen LogP contribution < -0.4 is 21.2 Å². The summed E-state index contributed by atoms with van der Waals surface area (Å²) < 4.78 is 0. The number of benzene rings is 4. The van der Waals surface area contributed by atoms with Crippen molar-refractivity contribution in [2.75, 3.05) is 0 Å². The second kappa shape index (κ2) is 21.3. The summed E-state index contributed by atoms with van der Waals surface area (Å²) in [7, 11) is -0.842. The molecule has 222 valence electrons. The van der Waals surface area contributed by atoms with E-state index in [1.54, 1.807) is 0 Å². The first-order valence-electron chi connectivity index (χ1n) is 14.6. The molecule has 3 heteroatoms. The summed E-state index contributed by atoms with van der Waals surface area (Å²) in [4.78, 5) is 0. The van der Waals surface area contributed by atoms with E-state index in [9.17, 15) is 0 Å². The Hall–Kier alpha value is -1.55. The zero-order chi connectivity index (χ0) is 31.0. The van der Waals surface area contributed by atoms with Gasteiger partial charge in [0.15, 0.2) is 0 Å². The Bertz CT molecular complexity index is 1030. The molecule has 0 spiro atoms. The van der Waals surface area contributed by atoms with Crippen LogP contribution in [0, 0.1) is 75.0 Å². The van der Waals surface area contributed by atoms with Crippen molar-refractivity contribution in [1.29, 1.82) is 0 Å². The van der Waals surface area contributed by atoms with Crippen LogP contribution in [0.1, 0.15) is 34.6 Å². The van der Waals surface area contributed by atoms with Crippen molar-refractivity contribution in [2.45, 2.75) is 34.6 Å². The van der Waals surface area contributed by atoms with Crippen molar-refractivity contribution < 1.29 is 21.7 Å². The Labute approximate surface area is 288 Å². The van der Waals surface area contributed by atoms with Gasteiger partial charge in [0.2, 0.25) is 0 Å². The zero-order valence-electron chi connectivity index (χ0n) is 26.7. The average molecular weight is 647 g/mol. The molecule has 0 nitrogen and oxygen atoms in total. The van der Waals surface area contributed by atoms with Crippen molar-refractivity contribution in [3.05, 3.63) is 196 Å². The van der Waals surface area contributed by atoms with E-state index in [0.29, 0.717) is 0 Å². The van der Waals surface area contributed by atoms with Crippen LogP contribution >= 0.6 is 15.8 Å². The largest absolute Gasteiger partial charge is 2.00 e. The van der Waals surface area contributed by atoms with E-state index >= 15 is 0 Å². The van der Waals surface area contributed by atoms with Gasteiger partial charge in [-0.25, -0.2) is 15.8 Å². The van der Waals surface area contributed by atoms with Crippen molar-refractivity contribution in [3.63, 3.8) is 0 Å². The predicted octanol–water partition coefficient (Wildman–Crippen LogP) is 9.81. The van der Waals surface area contributed by atoms with Crippen LogP contribution in [-0.2, 0) is 21.7 Å². The van der Waals surface area contributed by atoms with Gasteiger partial charge >= 0.3 is 21.7 Å². The fraction of sp³-hybridized carbons (Fsp3) is 0.122. The van der Waals surface area contributed by atoms with Crippen LogP contribution in [0.4, 0.5) is 0 Å². The van der Waals surface area contributed by atoms with E-state index in [4.69, 9.17) is 0 Å². The first-order chi connectivity index (χ1) is 20.8. The SMILES string of the molecule is C[C]1[C](C)[C](C)[C](C)[C]1C.[CH2-]P(c1ccccc1)c1ccccc1.[CH2-]P(c1ccccc1)c1ccccc1.[CH]1[CH][CH][CH][CH]1.[Ti+2]. The second-order valence-corrected chi connectivity index (χ2v) is 14.1. The molecule has 0 aromatic heterocycles. The van der Waals surface area contributed by atoms with Gasteiger partial charge in [-0.3, -0.25) is 0 Å². The molecule has 44 heavy (non-hydrogen) atoms. The molecule has 0 atom stereocenters. The molecule has 0 heterocycles. The van der Waals surface area contributed by atoms with Crippen molar-refractivity contribution in [3.8, 4) is 0 Å². The van der Waals surface area contributed by atoms with Gasteiger partial charge in [-0.2, -0.15) is 0 Å². The van der Waals surface area contributed by atoms with Crippen LogP contribution in [0.5, 0.6) is 0 Å². The molecule has 4 aromatic rings. The summed E-state index contributed by atoms with van der Waals surface area (Å²) in [6, 6.07) is 41.9. The van der Waals surface area contributed by atoms with Gasteiger partial charge in [0.05, 0.1) is 0 Å². The van der Waals surface area contributed by atoms with Gasteiger partial charge in [-0.1, -0.05) is 177 Å². The molecular formula is C41H44P2Ti. The number of rotatable bonds is 4. The normalized spacial score (nSPS) is 15.8. The number of hydrogen-bond donors (Lipinski definition) is 0. The molecule has 0 bridgehead atoms. The van der Waals surface area contributed by atoms with E-state index in [2.05, 4.69) is 145 Å². The van der Waals surface area contributed by atoms with E-state index in [-0.39, 0.29) is 21.7 Å². The molecule has 0 amide bonds. The molecule has 0 unspecified atom stereocenters. The summed E-state index contributed by atoms with van der Waals surface area (Å²) in [6.07, 6.45) is 10.0. The van der Waals surface area contributed by atoms with Crippen LogP contribution in [0.25, 0.3) is 0 Å². The molecule has 0 N–H and O–H groups in total. The predicted molar refractivity (Wildman–Crippen MR) is 195 cm³/mol. The maximum atomic E-state index is 4.24. The monoisotopic (exact) mass is 646 g/mol. The van der Waals surface area contributed by atoms with Gasteiger partial charge in [0.1, 0.15) is 0 Å². The Morgan fingerprint density at radius 2 is 0.477 bits per heavy atom. The third-order valence-corrected chi connectivity index (χ3v) is 11.3. The fourth-order valence-electron chi connectivity index (χ4n) is 4.46. The quantitative estimate of drug-likeness (QED) is 0.118. The Kier molecular flexibility index (Phi) is 18.7. The summed E-state index contributed by atoms with van der Waals surface area (Å²) in [5.41, 5.74) is 0. The van der Waals surface area contributed by atoms with E-state index in [1.165, 1.54) is 50.8 Å². The molecule has 2 fully saturated rings. The van der Waals surface area contributed by atoms with E-state index in [0.717, 1.165) is 0 Å². The molecule has 4 aromatic carbocycles. The maximum absolute atomic E-state index is 4.24. The smallest absolute Gasteiger partial charge is 0.308 e. The van der Waals surface area contributed by atoms with Crippen molar-refractivity contribution >= 4 is 37.1 Å². The maximum Gasteiger partial charge on any atom is 2.00 e. The molecule has 2 aliphatic rings. The molecule has 2 aliphatic carbocycles. The topological polar surface area (TPSA) is 0 Å². The second-order valence-electron chi connectivity index (χ2n) is 10.3. The molecular weight excluding hydrogens is 602 g/mol. The molecule has 0 saturated heterocycles. The van der Waals surface area contributed by atoms with Gasteiger partial charge in [-0.05, 0) is 61.7 Å². The van der Waals surface area contributed by atoms with Gasteiger partial charge < -0.3 is 13.3 Å². The Morgan fingerprint density at radius 1 is 0.318 bits per heavy atom. The molecule has 6 rings (SSSR count). The minimum atomic E-state index is -0.421. The van der Waals surface area contributed by atoms with Crippen LogP contribution in [0.15, 0.2) is 121 Å². The number of hydrogen-bond acceptors (Lipinski definition) is 0. The van der Waals surface area contributed by atoms with Crippen LogP contribution in [0.3, 0.4) is 0 Å². The van der Waals surface area contributed by atoms with Crippen LogP contribution in [-0.4, -0.2) is 0 Å². The molecule has 0 aliphatic heterocycles. The zero-order valence-corrected chi connectivity index (χ0v) is 30.1. The summed E-state index contributed by atoms with van der Waals surface area (Å²) in [5.74, 6) is 7.34. The van der Waals surface area contributed by atoms with E-state index < -0.39 is 15.8 Å². The van der Waals surface area contributed by atoms with Crippen LogP contribution in [0.2, 0.25) is 0 Å². The average Bonchev–Trinajstić information content (AvgIpc) is 3.73. The minimum absolute atomic E-state index is 0. The molecule has 10 radical (unpaired) electrons. The van der Waals surface area contributed by atoms with E-state index in [1.807, 2.05) is 56.4 Å². The fourth-order valence-corrected chi connectivity index (χ4v) is 7.18. The standard InChI is InChI=1S/2C13H12P.C10H15.C5H5.Ti/c2*1-14(12-8-4-2-5-9-12)13-10-6-3-7-11-13;1-6-7(2)9(4)10(5)8(6)3;1-2-4-5-3-1;/h2*2-11H,1H2;1-5H3;1-5H;/q2*-1;;;+2. The van der Waals surface area contributed by atoms with Gasteiger partial charge in [0.25, 0.3) is 0 Å². The molecule has 2 saturated carbocycles. The third kappa shape index (κ3) is 12.3. The summed E-state index contributed by atoms with van der Waals surface area (Å²) in [5, 5.41) is 5.31. The summed E-state index contributed by atoms with van der Waals surface area (Å²) >= 11 is 0. The van der Waals surface area contributed by atoms with Crippen molar-refractivity contribution in [1.82, 2.24) is 0 Å². The Morgan fingerprint density at radius 3 is 0.636 bits per heavy atom. The third-order valence-electron chi connectivity index (χ3n) is 7.64. The van der Waals surface area contributed by atoms with Gasteiger partial charge in [0, 0.05) is 0 Å². The van der Waals surface area contributed by atoms with Gasteiger partial charge in [-0.15, -0.1) is 0 Å². The Balaban J connectivity index is 0.000000213. The first-order valence-corrected chi connectivity index (χ1v) is 17.6. The summed E-state index contributed by atoms with van der Waals surface area (Å²) in [6.45, 7) is 19.5. The first kappa shape index (κ1) is 38.6. The van der Waals surface area contributed by atoms with Crippen molar-refractivity contribution in [2.24, 2.45) is 0 Å².